The molecule has 5 unspecified atom stereocenters. The average molecular weight is 520 g/mol. The summed E-state index contributed by atoms with van der Waals surface area (Å²) in [5.74, 6) is -5.32. The number of carboxylic acid groups (broad SMARTS) is 2. The van der Waals surface area contributed by atoms with Crippen LogP contribution in [0.1, 0.15) is 46.0 Å². The van der Waals surface area contributed by atoms with Gasteiger partial charge >= 0.3 is 11.9 Å². The molecule has 5 atom stereocenters. The van der Waals surface area contributed by atoms with Crippen molar-refractivity contribution in [2.24, 2.45) is 28.1 Å². The number of thiol groups is 1. The molecule has 11 N–H and O–H groups in total. The van der Waals surface area contributed by atoms with Crippen LogP contribution in [0.3, 0.4) is 0 Å². The number of carboxylic acids is 2. The number of guanidine groups is 1. The van der Waals surface area contributed by atoms with E-state index in [4.69, 9.17) is 22.3 Å². The molecule has 0 aliphatic heterocycles. The van der Waals surface area contributed by atoms with Gasteiger partial charge < -0.3 is 43.4 Å². The van der Waals surface area contributed by atoms with Gasteiger partial charge in [0.25, 0.3) is 0 Å². The van der Waals surface area contributed by atoms with Crippen LogP contribution in [0, 0.1) is 5.92 Å². The minimum absolute atomic E-state index is 0.0179. The number of amides is 3. The maximum absolute atomic E-state index is 13.0. The number of hydrogen-bond acceptors (Lipinski definition) is 8. The van der Waals surface area contributed by atoms with E-state index in [2.05, 4.69) is 33.6 Å². The highest BCUT2D eigenvalue weighted by Gasteiger charge is 2.32. The van der Waals surface area contributed by atoms with Gasteiger partial charge in [-0.2, -0.15) is 12.6 Å². The monoisotopic (exact) mass is 519 g/mol. The summed E-state index contributed by atoms with van der Waals surface area (Å²) >= 11 is 3.95. The Labute approximate surface area is 209 Å². The molecule has 0 aliphatic carbocycles. The van der Waals surface area contributed by atoms with Gasteiger partial charge in [-0.25, -0.2) is 4.79 Å². The number of carbonyl (C=O) groups excluding carboxylic acids is 3. The van der Waals surface area contributed by atoms with Crippen LogP contribution in [0.25, 0.3) is 0 Å². The lowest BCUT2D eigenvalue weighted by Crippen LogP contribution is -2.58. The van der Waals surface area contributed by atoms with Crippen LogP contribution in [-0.2, 0) is 24.0 Å². The molecular weight excluding hydrogens is 482 g/mol. The Balaban J connectivity index is 5.65. The Kier molecular flexibility index (Phi) is 15.1. The van der Waals surface area contributed by atoms with Crippen molar-refractivity contribution in [3.05, 3.63) is 0 Å². The van der Waals surface area contributed by atoms with Crippen molar-refractivity contribution in [3.63, 3.8) is 0 Å². The Morgan fingerprint density at radius 1 is 0.943 bits per heavy atom. The second kappa shape index (κ2) is 16.5. The molecule has 0 aromatic heterocycles. The van der Waals surface area contributed by atoms with E-state index < -0.39 is 66.2 Å². The number of nitrogens with zero attached hydrogens (tertiary/aromatic N) is 1. The summed E-state index contributed by atoms with van der Waals surface area (Å²) in [4.78, 5) is 64.5. The first-order valence-electron chi connectivity index (χ1n) is 11.1. The van der Waals surface area contributed by atoms with Gasteiger partial charge in [0.1, 0.15) is 18.1 Å². The van der Waals surface area contributed by atoms with E-state index >= 15 is 0 Å². The third-order valence-electron chi connectivity index (χ3n) is 5.17. The first kappa shape index (κ1) is 31.9. The van der Waals surface area contributed by atoms with E-state index in [1.54, 1.807) is 13.8 Å². The van der Waals surface area contributed by atoms with Gasteiger partial charge in [0.15, 0.2) is 5.96 Å². The lowest BCUT2D eigenvalue weighted by Gasteiger charge is -2.26. The van der Waals surface area contributed by atoms with Gasteiger partial charge in [0.2, 0.25) is 17.7 Å². The molecule has 0 aromatic rings. The second-order valence-corrected chi connectivity index (χ2v) is 8.37. The zero-order valence-electron chi connectivity index (χ0n) is 19.9. The summed E-state index contributed by atoms with van der Waals surface area (Å²) in [5, 5.41) is 25.7. The molecule has 15 heteroatoms. The van der Waals surface area contributed by atoms with Crippen LogP contribution in [-0.4, -0.2) is 82.3 Å². The molecule has 0 radical (unpaired) electrons. The molecule has 200 valence electrons. The number of aliphatic carboxylic acids is 2. The fraction of sp³-hybridized carbons (Fsp3) is 0.700. The normalized spacial score (nSPS) is 15.0. The largest absolute Gasteiger partial charge is 0.481 e. The third-order valence-corrected chi connectivity index (χ3v) is 5.56. The van der Waals surface area contributed by atoms with Gasteiger partial charge in [-0.1, -0.05) is 20.3 Å². The highest BCUT2D eigenvalue weighted by molar-refractivity contribution is 7.80. The zero-order chi connectivity index (χ0) is 27.1. The third kappa shape index (κ3) is 12.8. The Morgan fingerprint density at radius 3 is 1.97 bits per heavy atom. The van der Waals surface area contributed by atoms with Gasteiger partial charge in [0, 0.05) is 18.7 Å². The molecule has 14 nitrogen and oxygen atoms in total. The van der Waals surface area contributed by atoms with Crippen LogP contribution in [0.5, 0.6) is 0 Å². The van der Waals surface area contributed by atoms with Crippen molar-refractivity contribution in [2.75, 3.05) is 12.3 Å². The van der Waals surface area contributed by atoms with Gasteiger partial charge in [-0.05, 0) is 25.2 Å². The molecule has 0 aliphatic rings. The standard InChI is InChI=1S/C20H37N7O7S/c1-3-10(2)15(19(33)34)27-18(32)13(6-7-14(28)29)26-17(31)12(5-4-8-24-20(22)23)25-16(30)11(21)9-35/h10-13,15,35H,3-9,21H2,1-2H3,(H,25,30)(H,26,31)(H,27,32)(H,28,29)(H,33,34)(H4,22,23,24). The molecule has 0 saturated carbocycles. The van der Waals surface area contributed by atoms with E-state index in [1.807, 2.05) is 0 Å². The van der Waals surface area contributed by atoms with E-state index in [-0.39, 0.29) is 37.5 Å². The maximum atomic E-state index is 13.0. The highest BCUT2D eigenvalue weighted by atomic mass is 32.1. The summed E-state index contributed by atoms with van der Waals surface area (Å²) in [6.45, 7) is 3.55. The molecule has 3 amide bonds. The minimum Gasteiger partial charge on any atom is -0.481 e. The van der Waals surface area contributed by atoms with Crippen molar-refractivity contribution in [2.45, 2.75) is 70.1 Å². The summed E-state index contributed by atoms with van der Waals surface area (Å²) in [5.41, 5.74) is 16.2. The Hall–Kier alpha value is -3.07. The van der Waals surface area contributed by atoms with E-state index in [0.29, 0.717) is 6.42 Å². The Bertz CT molecular complexity index is 777. The van der Waals surface area contributed by atoms with E-state index in [0.717, 1.165) is 0 Å². The second-order valence-electron chi connectivity index (χ2n) is 8.00. The van der Waals surface area contributed by atoms with E-state index in [1.165, 1.54) is 0 Å². The number of carbonyl (C=O) groups is 5. The molecule has 0 spiro atoms. The van der Waals surface area contributed by atoms with Crippen molar-refractivity contribution >= 4 is 48.2 Å². The zero-order valence-corrected chi connectivity index (χ0v) is 20.8. The lowest BCUT2D eigenvalue weighted by molar-refractivity contribution is -0.144. The predicted octanol–water partition coefficient (Wildman–Crippen LogP) is -2.25. The first-order valence-corrected chi connectivity index (χ1v) is 11.7. The number of rotatable bonds is 17. The molecule has 0 aromatic carbocycles. The van der Waals surface area contributed by atoms with Crippen molar-refractivity contribution < 1.29 is 34.2 Å². The lowest BCUT2D eigenvalue weighted by atomic mass is 9.98. The van der Waals surface area contributed by atoms with Crippen LogP contribution >= 0.6 is 12.6 Å². The van der Waals surface area contributed by atoms with Crippen LogP contribution < -0.4 is 33.2 Å². The van der Waals surface area contributed by atoms with Gasteiger partial charge in [-0.15, -0.1) is 0 Å². The molecule has 0 fully saturated rings. The molecule has 0 heterocycles. The number of nitrogens with one attached hydrogen (secondary N) is 3. The highest BCUT2D eigenvalue weighted by Crippen LogP contribution is 2.10. The summed E-state index contributed by atoms with van der Waals surface area (Å²) in [6, 6.07) is -4.74. The SMILES string of the molecule is CCC(C)C(NC(=O)C(CCC(=O)O)NC(=O)C(CCCN=C(N)N)NC(=O)C(N)CS)C(=O)O. The topological polar surface area (TPSA) is 252 Å². The van der Waals surface area contributed by atoms with Crippen molar-refractivity contribution in [1.29, 1.82) is 0 Å². The summed E-state index contributed by atoms with van der Waals surface area (Å²) in [6.07, 6.45) is 0.0494. The van der Waals surface area contributed by atoms with Crippen molar-refractivity contribution in [3.8, 4) is 0 Å². The number of aliphatic imine (C=N–C) groups is 1. The van der Waals surface area contributed by atoms with Gasteiger partial charge in [-0.3, -0.25) is 24.2 Å². The van der Waals surface area contributed by atoms with Crippen LogP contribution in [0.4, 0.5) is 0 Å². The minimum atomic E-state index is -1.36. The smallest absolute Gasteiger partial charge is 0.326 e. The van der Waals surface area contributed by atoms with Crippen molar-refractivity contribution in [1.82, 2.24) is 16.0 Å². The Morgan fingerprint density at radius 2 is 1.49 bits per heavy atom. The fourth-order valence-electron chi connectivity index (χ4n) is 2.88. The average Bonchev–Trinajstić information content (AvgIpc) is 2.79. The molecule has 0 saturated heterocycles. The van der Waals surface area contributed by atoms with E-state index in [9.17, 15) is 29.1 Å². The predicted molar refractivity (Wildman–Crippen MR) is 131 cm³/mol. The van der Waals surface area contributed by atoms with Crippen LogP contribution in [0.15, 0.2) is 4.99 Å². The number of hydrogen-bond donors (Lipinski definition) is 9. The molecular formula is C20H37N7O7S. The fourth-order valence-corrected chi connectivity index (χ4v) is 3.05. The first-order chi connectivity index (χ1) is 16.3. The maximum Gasteiger partial charge on any atom is 0.326 e. The molecule has 0 rings (SSSR count). The van der Waals surface area contributed by atoms with Crippen LogP contribution in [0.2, 0.25) is 0 Å². The molecule has 0 bridgehead atoms. The quantitative estimate of drug-likeness (QED) is 0.0431. The molecule has 35 heavy (non-hydrogen) atoms. The summed E-state index contributed by atoms with van der Waals surface area (Å²) < 4.78 is 0. The summed E-state index contributed by atoms with van der Waals surface area (Å²) in [7, 11) is 0. The van der Waals surface area contributed by atoms with Gasteiger partial charge in [0.05, 0.1) is 6.04 Å². The number of nitrogens with two attached hydrogens (primary N) is 3.